The number of thiophene rings is 1. The van der Waals surface area contributed by atoms with Crippen LogP contribution in [-0.2, 0) is 13.2 Å². The average Bonchev–Trinajstić information content (AvgIpc) is 2.88. The van der Waals surface area contributed by atoms with Gasteiger partial charge in [-0.2, -0.15) is 0 Å². The van der Waals surface area contributed by atoms with Crippen molar-refractivity contribution < 1.29 is 9.66 Å². The minimum Gasteiger partial charge on any atom is -0.481 e. The van der Waals surface area contributed by atoms with Crippen molar-refractivity contribution in [3.8, 4) is 5.75 Å². The first-order valence-corrected chi connectivity index (χ1v) is 7.64. The number of nitro benzene ring substituents is 1. The second kappa shape index (κ2) is 7.40. The molecule has 5 nitrogen and oxygen atoms in total. The summed E-state index contributed by atoms with van der Waals surface area (Å²) in [6, 6.07) is 8.63. The minimum atomic E-state index is -0.424. The quantitative estimate of drug-likeness (QED) is 0.617. The molecule has 0 saturated carbocycles. The number of hydrogen-bond acceptors (Lipinski definition) is 5. The predicted octanol–water partition coefficient (Wildman–Crippen LogP) is 4.00. The lowest BCUT2D eigenvalue weighted by atomic mass is 10.2. The van der Waals surface area contributed by atoms with E-state index in [2.05, 4.69) is 5.32 Å². The molecule has 1 aromatic carbocycles. The number of rotatable bonds is 7. The lowest BCUT2D eigenvalue weighted by Gasteiger charge is -2.08. The Bertz CT molecular complexity index is 630. The van der Waals surface area contributed by atoms with Crippen LogP contribution in [0.15, 0.2) is 30.3 Å². The van der Waals surface area contributed by atoms with Crippen molar-refractivity contribution in [2.75, 3.05) is 6.54 Å². The van der Waals surface area contributed by atoms with E-state index in [-0.39, 0.29) is 18.0 Å². The second-order valence-corrected chi connectivity index (χ2v) is 6.13. The van der Waals surface area contributed by atoms with Gasteiger partial charge in [-0.05, 0) is 30.3 Å². The summed E-state index contributed by atoms with van der Waals surface area (Å²) in [4.78, 5) is 11.6. The third kappa shape index (κ3) is 4.42. The maximum atomic E-state index is 11.1. The smallest absolute Gasteiger partial charge is 0.311 e. The van der Waals surface area contributed by atoms with Crippen LogP contribution in [0.2, 0.25) is 4.34 Å². The largest absolute Gasteiger partial charge is 0.481 e. The number of nitro groups is 1. The van der Waals surface area contributed by atoms with Crippen molar-refractivity contribution >= 4 is 28.6 Å². The van der Waals surface area contributed by atoms with Gasteiger partial charge < -0.3 is 10.1 Å². The third-order valence-corrected chi connectivity index (χ3v) is 4.00. The van der Waals surface area contributed by atoms with Crippen LogP contribution >= 0.6 is 22.9 Å². The molecule has 0 saturated heterocycles. The zero-order valence-corrected chi connectivity index (χ0v) is 13.0. The fraction of sp³-hybridized carbons (Fsp3) is 0.286. The topological polar surface area (TPSA) is 64.4 Å². The Hall–Kier alpha value is -1.63. The van der Waals surface area contributed by atoms with Crippen LogP contribution in [-0.4, -0.2) is 11.5 Å². The van der Waals surface area contributed by atoms with Crippen LogP contribution in [0.1, 0.15) is 17.4 Å². The summed E-state index contributed by atoms with van der Waals surface area (Å²) in [5.74, 6) is 0.268. The maximum absolute atomic E-state index is 11.1. The summed E-state index contributed by atoms with van der Waals surface area (Å²) in [6.45, 7) is 3.66. The molecular formula is C14H15ClN2O3S. The molecule has 0 radical (unpaired) electrons. The lowest BCUT2D eigenvalue weighted by molar-refractivity contribution is -0.386. The summed E-state index contributed by atoms with van der Waals surface area (Å²) < 4.78 is 6.22. The van der Waals surface area contributed by atoms with Crippen molar-refractivity contribution in [3.05, 3.63) is 55.2 Å². The highest BCUT2D eigenvalue weighted by Gasteiger charge is 2.16. The van der Waals surface area contributed by atoms with E-state index in [4.69, 9.17) is 16.3 Å². The summed E-state index contributed by atoms with van der Waals surface area (Å²) in [5.41, 5.74) is 0.836. The molecule has 0 atom stereocenters. The lowest BCUT2D eigenvalue weighted by Crippen LogP contribution is -2.12. The fourth-order valence-corrected chi connectivity index (χ4v) is 2.79. The number of benzene rings is 1. The van der Waals surface area contributed by atoms with Crippen molar-refractivity contribution in [1.82, 2.24) is 5.32 Å². The molecule has 2 aromatic rings. The maximum Gasteiger partial charge on any atom is 0.311 e. The van der Waals surface area contributed by atoms with Crippen molar-refractivity contribution in [1.29, 1.82) is 0 Å². The Morgan fingerprint density at radius 2 is 2.19 bits per heavy atom. The molecule has 112 valence electrons. The van der Waals surface area contributed by atoms with Gasteiger partial charge in [0.05, 0.1) is 9.26 Å². The van der Waals surface area contributed by atoms with Crippen LogP contribution in [0.3, 0.4) is 0 Å². The highest BCUT2D eigenvalue weighted by atomic mass is 35.5. The zero-order chi connectivity index (χ0) is 15.2. The summed E-state index contributed by atoms with van der Waals surface area (Å²) in [6.07, 6.45) is 0. The van der Waals surface area contributed by atoms with Gasteiger partial charge in [-0.1, -0.05) is 24.6 Å². The molecule has 0 aliphatic carbocycles. The number of ether oxygens (including phenoxy) is 1. The number of hydrogen-bond donors (Lipinski definition) is 1. The van der Waals surface area contributed by atoms with Crippen molar-refractivity contribution in [2.24, 2.45) is 0 Å². The molecular weight excluding hydrogens is 312 g/mol. The van der Waals surface area contributed by atoms with Crippen molar-refractivity contribution in [2.45, 2.75) is 20.1 Å². The van der Waals surface area contributed by atoms with Crippen LogP contribution in [0.5, 0.6) is 5.75 Å². The van der Waals surface area contributed by atoms with Crippen LogP contribution in [0, 0.1) is 10.1 Å². The molecule has 2 rings (SSSR count). The van der Waals surface area contributed by atoms with Gasteiger partial charge in [0.25, 0.3) is 0 Å². The molecule has 0 unspecified atom stereocenters. The van der Waals surface area contributed by atoms with Crippen LogP contribution < -0.4 is 10.1 Å². The van der Waals surface area contributed by atoms with Gasteiger partial charge >= 0.3 is 5.69 Å². The summed E-state index contributed by atoms with van der Waals surface area (Å²) in [7, 11) is 0. The van der Waals surface area contributed by atoms with E-state index >= 15 is 0 Å². The monoisotopic (exact) mass is 326 g/mol. The van der Waals surface area contributed by atoms with E-state index in [0.29, 0.717) is 10.9 Å². The average molecular weight is 327 g/mol. The SMILES string of the molecule is CCNCc1ccc(OCc2ccc(Cl)s2)c([N+](=O)[O-])c1. The molecule has 21 heavy (non-hydrogen) atoms. The molecule has 1 N–H and O–H groups in total. The number of nitrogens with zero attached hydrogens (tertiary/aromatic N) is 1. The molecule has 1 aromatic heterocycles. The first-order chi connectivity index (χ1) is 10.1. The van der Waals surface area contributed by atoms with E-state index in [1.165, 1.54) is 11.3 Å². The standard InChI is InChI=1S/C14H15ClN2O3S/c1-2-16-8-10-3-5-13(12(7-10)17(18)19)20-9-11-4-6-14(15)21-11/h3-7,16H,2,8-9H2,1H3. The van der Waals surface area contributed by atoms with E-state index in [9.17, 15) is 10.1 Å². The van der Waals surface area contributed by atoms with Crippen LogP contribution in [0.4, 0.5) is 5.69 Å². The second-order valence-electron chi connectivity index (χ2n) is 4.33. The Balaban J connectivity index is 2.12. The van der Waals surface area contributed by atoms with Gasteiger partial charge in [-0.25, -0.2) is 0 Å². The first kappa shape index (κ1) is 15.8. The number of halogens is 1. The van der Waals surface area contributed by atoms with Gasteiger partial charge in [0.15, 0.2) is 5.75 Å². The van der Waals surface area contributed by atoms with E-state index in [1.54, 1.807) is 18.2 Å². The van der Waals surface area contributed by atoms with Crippen molar-refractivity contribution in [3.63, 3.8) is 0 Å². The summed E-state index contributed by atoms with van der Waals surface area (Å²) >= 11 is 7.24. The Morgan fingerprint density at radius 3 is 2.81 bits per heavy atom. The molecule has 0 spiro atoms. The molecule has 0 aliphatic heterocycles. The Morgan fingerprint density at radius 1 is 1.38 bits per heavy atom. The van der Waals surface area contributed by atoms with Gasteiger partial charge in [-0.15, -0.1) is 11.3 Å². The summed E-state index contributed by atoms with van der Waals surface area (Å²) in [5, 5.41) is 14.3. The minimum absolute atomic E-state index is 0.0203. The molecule has 0 fully saturated rings. The van der Waals surface area contributed by atoms with Gasteiger partial charge in [0.1, 0.15) is 6.61 Å². The molecule has 1 heterocycles. The van der Waals surface area contributed by atoms with E-state index in [0.717, 1.165) is 17.0 Å². The van der Waals surface area contributed by atoms with Gasteiger partial charge in [0, 0.05) is 17.5 Å². The molecule has 7 heteroatoms. The molecule has 0 aliphatic rings. The third-order valence-electron chi connectivity index (χ3n) is 2.80. The predicted molar refractivity (Wildman–Crippen MR) is 84.1 cm³/mol. The Kier molecular flexibility index (Phi) is 5.55. The highest BCUT2D eigenvalue weighted by Crippen LogP contribution is 2.30. The molecule has 0 amide bonds. The van der Waals surface area contributed by atoms with E-state index < -0.39 is 4.92 Å². The normalized spacial score (nSPS) is 10.6. The van der Waals surface area contributed by atoms with E-state index in [1.807, 2.05) is 19.1 Å². The van der Waals surface area contributed by atoms with Crippen LogP contribution in [0.25, 0.3) is 0 Å². The fourth-order valence-electron chi connectivity index (χ4n) is 1.79. The zero-order valence-electron chi connectivity index (χ0n) is 11.5. The highest BCUT2D eigenvalue weighted by molar-refractivity contribution is 7.16. The first-order valence-electron chi connectivity index (χ1n) is 6.45. The van der Waals surface area contributed by atoms with Gasteiger partial charge in [0.2, 0.25) is 0 Å². The molecule has 0 bridgehead atoms. The van der Waals surface area contributed by atoms with Gasteiger partial charge in [-0.3, -0.25) is 10.1 Å². The number of nitrogens with one attached hydrogen (secondary N) is 1. The Labute approximate surface area is 131 Å².